The molecule has 0 atom stereocenters. The summed E-state index contributed by atoms with van der Waals surface area (Å²) < 4.78 is 15.0. The van der Waals surface area contributed by atoms with Gasteiger partial charge in [0.15, 0.2) is 0 Å². The van der Waals surface area contributed by atoms with Crippen molar-refractivity contribution in [1.82, 2.24) is 9.38 Å². The van der Waals surface area contributed by atoms with Crippen molar-refractivity contribution in [3.05, 3.63) is 59.7 Å². The van der Waals surface area contributed by atoms with Crippen LogP contribution in [0.2, 0.25) is 0 Å². The number of rotatable bonds is 2. The zero-order chi connectivity index (χ0) is 15.9. The van der Waals surface area contributed by atoms with Crippen LogP contribution in [0.15, 0.2) is 42.6 Å². The fourth-order valence-corrected chi connectivity index (χ4v) is 2.58. The molecule has 0 fully saturated rings. The minimum absolute atomic E-state index is 0.0837. The molecule has 0 radical (unpaired) electrons. The van der Waals surface area contributed by atoms with Gasteiger partial charge in [0.2, 0.25) is 0 Å². The quantitative estimate of drug-likeness (QED) is 0.778. The van der Waals surface area contributed by atoms with E-state index < -0.39 is 0 Å². The average molecular weight is 298 g/mol. The third kappa shape index (κ3) is 2.50. The first kappa shape index (κ1) is 14.7. The maximum absolute atomic E-state index is 13.4. The number of imidazole rings is 1. The van der Waals surface area contributed by atoms with Crippen molar-refractivity contribution >= 4 is 5.65 Å². The molecule has 4 heteroatoms. The number of fused-ring (bicyclic) bond motifs is 1. The zero-order valence-corrected chi connectivity index (χ0v) is 13.0. The second-order valence-electron chi connectivity index (χ2n) is 6.47. The van der Waals surface area contributed by atoms with Crippen molar-refractivity contribution in [1.29, 1.82) is 0 Å². The van der Waals surface area contributed by atoms with E-state index in [1.54, 1.807) is 10.5 Å². The highest BCUT2D eigenvalue weighted by Gasteiger charge is 2.16. The number of aliphatic hydroxyl groups excluding tert-OH is 1. The number of nitrogens with zero attached hydrogens (tertiary/aromatic N) is 2. The highest BCUT2D eigenvalue weighted by atomic mass is 19.1. The van der Waals surface area contributed by atoms with Crippen LogP contribution < -0.4 is 0 Å². The predicted octanol–water partition coefficient (Wildman–Crippen LogP) is 3.93. The van der Waals surface area contributed by atoms with Crippen molar-refractivity contribution in [2.75, 3.05) is 0 Å². The van der Waals surface area contributed by atoms with Gasteiger partial charge in [0.25, 0.3) is 0 Å². The highest BCUT2D eigenvalue weighted by molar-refractivity contribution is 5.67. The second kappa shape index (κ2) is 5.21. The van der Waals surface area contributed by atoms with E-state index in [0.29, 0.717) is 17.0 Å². The van der Waals surface area contributed by atoms with Crippen molar-refractivity contribution in [3.63, 3.8) is 0 Å². The fraction of sp³-hybridized carbons (Fsp3) is 0.278. The Morgan fingerprint density at radius 3 is 2.36 bits per heavy atom. The van der Waals surface area contributed by atoms with Crippen LogP contribution in [0.4, 0.5) is 4.39 Å². The molecule has 0 bridgehead atoms. The molecule has 0 aliphatic carbocycles. The lowest BCUT2D eigenvalue weighted by Gasteiger charge is -2.19. The molecule has 22 heavy (non-hydrogen) atoms. The maximum atomic E-state index is 13.4. The second-order valence-corrected chi connectivity index (χ2v) is 6.47. The topological polar surface area (TPSA) is 37.5 Å². The van der Waals surface area contributed by atoms with Gasteiger partial charge in [0.05, 0.1) is 18.0 Å². The van der Waals surface area contributed by atoms with Crippen molar-refractivity contribution in [2.45, 2.75) is 32.8 Å². The largest absolute Gasteiger partial charge is 0.390 e. The summed E-state index contributed by atoms with van der Waals surface area (Å²) in [6, 6.07) is 11.1. The van der Waals surface area contributed by atoms with Crippen LogP contribution in [-0.2, 0) is 12.0 Å². The minimum Gasteiger partial charge on any atom is -0.390 e. The molecule has 0 saturated carbocycles. The molecule has 3 aromatic rings. The Balaban J connectivity index is 2.13. The minimum atomic E-state index is -0.353. The summed E-state index contributed by atoms with van der Waals surface area (Å²) in [5, 5.41) is 9.66. The van der Waals surface area contributed by atoms with E-state index >= 15 is 0 Å². The van der Waals surface area contributed by atoms with Gasteiger partial charge in [-0.05, 0) is 23.1 Å². The number of hydrogen-bond donors (Lipinski definition) is 1. The molecule has 0 unspecified atom stereocenters. The molecule has 2 heterocycles. The van der Waals surface area contributed by atoms with E-state index in [2.05, 4.69) is 37.9 Å². The van der Waals surface area contributed by atoms with E-state index in [-0.39, 0.29) is 17.8 Å². The van der Waals surface area contributed by atoms with Crippen LogP contribution in [0.25, 0.3) is 16.9 Å². The first-order chi connectivity index (χ1) is 10.4. The summed E-state index contributed by atoms with van der Waals surface area (Å²) in [7, 11) is 0. The summed E-state index contributed by atoms with van der Waals surface area (Å²) in [6.45, 7) is 6.29. The van der Waals surface area contributed by atoms with Gasteiger partial charge in [-0.2, -0.15) is 0 Å². The van der Waals surface area contributed by atoms with Crippen molar-refractivity contribution in [2.24, 2.45) is 0 Å². The molecule has 3 rings (SSSR count). The molecule has 1 N–H and O–H groups in total. The average Bonchev–Trinajstić information content (AvgIpc) is 2.84. The van der Waals surface area contributed by atoms with Crippen molar-refractivity contribution < 1.29 is 9.50 Å². The smallest absolute Gasteiger partial charge is 0.139 e. The first-order valence-corrected chi connectivity index (χ1v) is 7.28. The van der Waals surface area contributed by atoms with Crippen LogP contribution >= 0.6 is 0 Å². The van der Waals surface area contributed by atoms with Gasteiger partial charge in [-0.25, -0.2) is 9.37 Å². The third-order valence-electron chi connectivity index (χ3n) is 3.86. The Kier molecular flexibility index (Phi) is 3.49. The summed E-state index contributed by atoms with van der Waals surface area (Å²) in [5.41, 5.74) is 4.14. The molecule has 0 spiro atoms. The summed E-state index contributed by atoms with van der Waals surface area (Å²) in [6.07, 6.45) is 1.35. The van der Waals surface area contributed by atoms with Gasteiger partial charge in [-0.3, -0.25) is 4.40 Å². The first-order valence-electron chi connectivity index (χ1n) is 7.28. The molecule has 0 aliphatic rings. The number of halogens is 1. The Morgan fingerprint density at radius 2 is 1.77 bits per heavy atom. The zero-order valence-electron chi connectivity index (χ0n) is 13.0. The number of pyridine rings is 1. The molecule has 0 saturated heterocycles. The molecular weight excluding hydrogens is 279 g/mol. The summed E-state index contributed by atoms with van der Waals surface area (Å²) in [5.74, 6) is -0.353. The number of aromatic nitrogens is 2. The number of benzene rings is 1. The lowest BCUT2D eigenvalue weighted by Crippen LogP contribution is -2.10. The Hall–Kier alpha value is -2.20. The van der Waals surface area contributed by atoms with Gasteiger partial charge >= 0.3 is 0 Å². The van der Waals surface area contributed by atoms with Crippen LogP contribution in [0.5, 0.6) is 0 Å². The van der Waals surface area contributed by atoms with Gasteiger partial charge in [-0.1, -0.05) is 45.0 Å². The summed E-state index contributed by atoms with van der Waals surface area (Å²) >= 11 is 0. The van der Waals surface area contributed by atoms with Crippen LogP contribution in [-0.4, -0.2) is 14.5 Å². The normalized spacial score (nSPS) is 12.0. The van der Waals surface area contributed by atoms with E-state index in [1.165, 1.54) is 17.8 Å². The molecule has 114 valence electrons. The molecular formula is C18H19FN2O. The highest BCUT2D eigenvalue weighted by Crippen LogP contribution is 2.28. The third-order valence-corrected chi connectivity index (χ3v) is 3.86. The van der Waals surface area contributed by atoms with Crippen LogP contribution in [0, 0.1) is 5.82 Å². The Labute approximate surface area is 129 Å². The van der Waals surface area contributed by atoms with Gasteiger partial charge in [0.1, 0.15) is 11.5 Å². The molecule has 0 aliphatic heterocycles. The molecule has 3 nitrogen and oxygen atoms in total. The fourth-order valence-electron chi connectivity index (χ4n) is 2.58. The Morgan fingerprint density at radius 1 is 1.09 bits per heavy atom. The molecule has 1 aromatic carbocycles. The van der Waals surface area contributed by atoms with Crippen LogP contribution in [0.3, 0.4) is 0 Å². The Bertz CT molecular complexity index is 813. The SMILES string of the molecule is CC(C)(C)c1ccc(-c2nc3ccc(F)cn3c2CO)cc1. The van der Waals surface area contributed by atoms with Gasteiger partial charge < -0.3 is 5.11 Å². The summed E-state index contributed by atoms with van der Waals surface area (Å²) in [4.78, 5) is 4.52. The maximum Gasteiger partial charge on any atom is 0.139 e. The van der Waals surface area contributed by atoms with Gasteiger partial charge in [-0.15, -0.1) is 0 Å². The van der Waals surface area contributed by atoms with Crippen LogP contribution in [0.1, 0.15) is 32.0 Å². The lowest BCUT2D eigenvalue weighted by molar-refractivity contribution is 0.276. The number of aliphatic hydroxyl groups is 1. The monoisotopic (exact) mass is 298 g/mol. The van der Waals surface area contributed by atoms with E-state index in [0.717, 1.165) is 5.56 Å². The number of hydrogen-bond acceptors (Lipinski definition) is 2. The molecule has 0 amide bonds. The van der Waals surface area contributed by atoms with E-state index in [4.69, 9.17) is 0 Å². The van der Waals surface area contributed by atoms with E-state index in [1.807, 2.05) is 12.1 Å². The predicted molar refractivity (Wildman–Crippen MR) is 85.2 cm³/mol. The lowest BCUT2D eigenvalue weighted by atomic mass is 9.86. The van der Waals surface area contributed by atoms with Crippen molar-refractivity contribution in [3.8, 4) is 11.3 Å². The molecule has 2 aromatic heterocycles. The van der Waals surface area contributed by atoms with Gasteiger partial charge in [0, 0.05) is 11.8 Å². The van der Waals surface area contributed by atoms with E-state index in [9.17, 15) is 9.50 Å². The standard InChI is InChI=1S/C18H19FN2O/c1-18(2,3)13-6-4-12(5-7-13)17-15(11-22)21-10-14(19)8-9-16(21)20-17/h4-10,22H,11H2,1-3H3.